The summed E-state index contributed by atoms with van der Waals surface area (Å²) in [6.07, 6.45) is 4.17. The van der Waals surface area contributed by atoms with Gasteiger partial charge in [-0.15, -0.1) is 0 Å². The molecule has 2 aliphatic carbocycles. The molecule has 1 unspecified atom stereocenters. The highest BCUT2D eigenvalue weighted by molar-refractivity contribution is 5.88. The van der Waals surface area contributed by atoms with E-state index in [0.29, 0.717) is 23.3 Å². The SMILES string of the molecule is CN1CCc2cccc3c2C1Cc1ccccc1-3.COc1ccc2c(c1O)-c1c(OC)c(OC)cc3c1[C@H](C2)N(C)CC3. The van der Waals surface area contributed by atoms with Crippen molar-refractivity contribution in [3.05, 3.63) is 94.0 Å². The first kappa shape index (κ1) is 27.8. The van der Waals surface area contributed by atoms with E-state index >= 15 is 0 Å². The molecule has 43 heavy (non-hydrogen) atoms. The lowest BCUT2D eigenvalue weighted by atomic mass is 9.76. The van der Waals surface area contributed by atoms with Crippen LogP contribution in [0.5, 0.6) is 23.0 Å². The minimum atomic E-state index is 0.167. The summed E-state index contributed by atoms with van der Waals surface area (Å²) in [5, 5.41) is 10.9. The Morgan fingerprint density at radius 2 is 1.28 bits per heavy atom. The molecule has 0 aromatic heterocycles. The third kappa shape index (κ3) is 4.38. The standard InChI is InChI=1S/C20H23NO4.C17H17N/c1-21-8-7-12-10-15(24-3)20(25-4)18-16(12)13(21)9-11-5-6-14(23-2)19(22)17(11)18;1-18-10-9-12-6-4-8-15-14-7-3-2-5-13(14)11-16(18)17(12)15/h5-6,10,13,22H,7-9H2,1-4H3;2-8,16H,9-11H2,1H3/t13-;/m0./s1. The molecule has 2 aliphatic heterocycles. The van der Waals surface area contributed by atoms with Crippen LogP contribution in [-0.2, 0) is 25.7 Å². The quantitative estimate of drug-likeness (QED) is 0.296. The molecule has 6 nitrogen and oxygen atoms in total. The van der Waals surface area contributed by atoms with E-state index in [9.17, 15) is 5.11 Å². The van der Waals surface area contributed by atoms with Crippen LogP contribution in [0.1, 0.15) is 45.5 Å². The number of hydrogen-bond acceptors (Lipinski definition) is 6. The molecule has 0 saturated heterocycles. The van der Waals surface area contributed by atoms with E-state index in [1.165, 1.54) is 40.8 Å². The summed E-state index contributed by atoms with van der Waals surface area (Å²) in [6.45, 7) is 2.19. The first-order valence-electron chi connectivity index (χ1n) is 15.2. The largest absolute Gasteiger partial charge is 0.504 e. The predicted molar refractivity (Wildman–Crippen MR) is 171 cm³/mol. The average molecular weight is 577 g/mol. The zero-order valence-electron chi connectivity index (χ0n) is 25.7. The molecule has 1 N–H and O–H groups in total. The van der Waals surface area contributed by atoms with Gasteiger partial charge >= 0.3 is 0 Å². The number of rotatable bonds is 3. The Hall–Kier alpha value is -4.00. The molecular formula is C37H40N2O4. The van der Waals surface area contributed by atoms with Crippen molar-refractivity contribution < 1.29 is 19.3 Å². The van der Waals surface area contributed by atoms with Gasteiger partial charge in [0, 0.05) is 36.3 Å². The van der Waals surface area contributed by atoms with Crippen LogP contribution in [0.4, 0.5) is 0 Å². The van der Waals surface area contributed by atoms with Crippen LogP contribution in [0.25, 0.3) is 22.3 Å². The number of methoxy groups -OCH3 is 3. The van der Waals surface area contributed by atoms with Gasteiger partial charge in [-0.25, -0.2) is 0 Å². The number of likely N-dealkylation sites (N-methyl/N-ethyl adjacent to an activating group) is 2. The number of nitrogens with zero attached hydrogens (tertiary/aromatic N) is 2. The number of ether oxygens (including phenoxy) is 3. The summed E-state index contributed by atoms with van der Waals surface area (Å²) < 4.78 is 16.7. The van der Waals surface area contributed by atoms with Crippen molar-refractivity contribution in [3.63, 3.8) is 0 Å². The fourth-order valence-corrected chi connectivity index (χ4v) is 7.82. The molecule has 4 aromatic carbocycles. The fourth-order valence-electron chi connectivity index (χ4n) is 7.82. The van der Waals surface area contributed by atoms with E-state index in [0.717, 1.165) is 42.5 Å². The average Bonchev–Trinajstić information content (AvgIpc) is 3.04. The number of phenols is 1. The molecule has 2 atom stereocenters. The summed E-state index contributed by atoms with van der Waals surface area (Å²) in [5.74, 6) is 2.01. The second-order valence-corrected chi connectivity index (χ2v) is 12.1. The minimum Gasteiger partial charge on any atom is -0.504 e. The molecule has 4 aromatic rings. The maximum atomic E-state index is 10.9. The maximum Gasteiger partial charge on any atom is 0.169 e. The van der Waals surface area contributed by atoms with Crippen molar-refractivity contribution in [2.24, 2.45) is 0 Å². The van der Waals surface area contributed by atoms with Crippen molar-refractivity contribution in [1.82, 2.24) is 9.80 Å². The Balaban J connectivity index is 0.000000147. The second-order valence-electron chi connectivity index (χ2n) is 12.1. The molecule has 0 bridgehead atoms. The van der Waals surface area contributed by atoms with Gasteiger partial charge in [-0.2, -0.15) is 0 Å². The number of aromatic hydroxyl groups is 1. The van der Waals surface area contributed by atoms with Gasteiger partial charge in [-0.3, -0.25) is 9.80 Å². The summed E-state index contributed by atoms with van der Waals surface area (Å²) in [4.78, 5) is 4.89. The van der Waals surface area contributed by atoms with Crippen LogP contribution in [0.3, 0.4) is 0 Å². The van der Waals surface area contributed by atoms with E-state index in [4.69, 9.17) is 14.2 Å². The van der Waals surface area contributed by atoms with Gasteiger partial charge in [0.2, 0.25) is 0 Å². The van der Waals surface area contributed by atoms with E-state index < -0.39 is 0 Å². The summed E-state index contributed by atoms with van der Waals surface area (Å²) >= 11 is 0. The first-order valence-corrected chi connectivity index (χ1v) is 15.2. The van der Waals surface area contributed by atoms with Gasteiger partial charge in [0.15, 0.2) is 23.0 Å². The zero-order valence-corrected chi connectivity index (χ0v) is 25.7. The minimum absolute atomic E-state index is 0.167. The Kier molecular flexibility index (Phi) is 7.07. The van der Waals surface area contributed by atoms with Gasteiger partial charge in [-0.1, -0.05) is 48.5 Å². The predicted octanol–water partition coefficient (Wildman–Crippen LogP) is 6.61. The summed E-state index contributed by atoms with van der Waals surface area (Å²) in [7, 11) is 9.28. The fraction of sp³-hybridized carbons (Fsp3) is 0.351. The van der Waals surface area contributed by atoms with Crippen LogP contribution < -0.4 is 14.2 Å². The van der Waals surface area contributed by atoms with Crippen molar-refractivity contribution in [2.75, 3.05) is 48.5 Å². The van der Waals surface area contributed by atoms with E-state index in [1.54, 1.807) is 32.5 Å². The number of hydrogen-bond donors (Lipinski definition) is 1. The Labute approximate surface area is 254 Å². The third-order valence-electron chi connectivity index (χ3n) is 10.0. The van der Waals surface area contributed by atoms with Gasteiger partial charge in [0.05, 0.1) is 21.3 Å². The van der Waals surface area contributed by atoms with Gasteiger partial charge in [-0.05, 0) is 96.4 Å². The number of phenolic OH excluding ortho intramolecular Hbond substituents is 1. The van der Waals surface area contributed by atoms with Crippen LogP contribution >= 0.6 is 0 Å². The maximum absolute atomic E-state index is 10.9. The molecule has 0 spiro atoms. The van der Waals surface area contributed by atoms with Crippen LogP contribution in [0.15, 0.2) is 60.7 Å². The third-order valence-corrected chi connectivity index (χ3v) is 10.0. The number of benzene rings is 4. The highest BCUT2D eigenvalue weighted by atomic mass is 16.5. The van der Waals surface area contributed by atoms with Crippen LogP contribution in [0.2, 0.25) is 0 Å². The molecular weight excluding hydrogens is 536 g/mol. The smallest absolute Gasteiger partial charge is 0.169 e. The van der Waals surface area contributed by atoms with Crippen molar-refractivity contribution in [2.45, 2.75) is 37.8 Å². The summed E-state index contributed by atoms with van der Waals surface area (Å²) in [6, 6.07) is 22.5. The van der Waals surface area contributed by atoms with Gasteiger partial charge < -0.3 is 19.3 Å². The van der Waals surface area contributed by atoms with Crippen molar-refractivity contribution in [3.8, 4) is 45.3 Å². The molecule has 4 aliphatic rings. The Morgan fingerprint density at radius 1 is 0.628 bits per heavy atom. The molecule has 6 heteroatoms. The normalized spacial score (nSPS) is 19.6. The second kappa shape index (κ2) is 10.9. The molecule has 0 fully saturated rings. The van der Waals surface area contributed by atoms with E-state index in [2.05, 4.69) is 72.4 Å². The number of fused-ring (bicyclic) bond motifs is 4. The summed E-state index contributed by atoms with van der Waals surface area (Å²) in [5.41, 5.74) is 12.9. The van der Waals surface area contributed by atoms with Gasteiger partial charge in [0.1, 0.15) is 0 Å². The van der Waals surface area contributed by atoms with E-state index in [1.807, 2.05) is 12.1 Å². The Bertz CT molecular complexity index is 1710. The monoisotopic (exact) mass is 576 g/mol. The lowest BCUT2D eigenvalue weighted by Gasteiger charge is -2.40. The molecule has 0 saturated carbocycles. The highest BCUT2D eigenvalue weighted by Gasteiger charge is 2.38. The lowest BCUT2D eigenvalue weighted by Crippen LogP contribution is -2.35. The zero-order chi connectivity index (χ0) is 29.8. The molecule has 8 rings (SSSR count). The van der Waals surface area contributed by atoms with E-state index in [-0.39, 0.29) is 11.8 Å². The molecule has 222 valence electrons. The Morgan fingerprint density at radius 3 is 2.02 bits per heavy atom. The van der Waals surface area contributed by atoms with Gasteiger partial charge in [0.25, 0.3) is 0 Å². The molecule has 0 amide bonds. The molecule has 0 radical (unpaired) electrons. The first-order chi connectivity index (χ1) is 20.9. The topological polar surface area (TPSA) is 54.4 Å². The van der Waals surface area contributed by atoms with Crippen LogP contribution in [0, 0.1) is 0 Å². The lowest BCUT2D eigenvalue weighted by molar-refractivity contribution is 0.226. The highest BCUT2D eigenvalue weighted by Crippen LogP contribution is 2.56. The van der Waals surface area contributed by atoms with Crippen molar-refractivity contribution >= 4 is 0 Å². The van der Waals surface area contributed by atoms with Crippen molar-refractivity contribution in [1.29, 1.82) is 0 Å². The molecule has 2 heterocycles. The van der Waals surface area contributed by atoms with Crippen LogP contribution in [-0.4, -0.2) is 63.4 Å².